The number of alkyl carbamates (subject to hydrolysis) is 2. The van der Waals surface area contributed by atoms with Crippen LogP contribution < -0.4 is 15.4 Å². The van der Waals surface area contributed by atoms with Crippen LogP contribution in [0.25, 0.3) is 44.2 Å². The fourth-order valence-corrected chi connectivity index (χ4v) is 9.55. The van der Waals surface area contributed by atoms with E-state index in [-0.39, 0.29) is 29.9 Å². The van der Waals surface area contributed by atoms with Gasteiger partial charge in [-0.15, -0.1) is 0 Å². The van der Waals surface area contributed by atoms with Gasteiger partial charge in [-0.25, -0.2) is 19.6 Å². The van der Waals surface area contributed by atoms with Crippen molar-refractivity contribution < 1.29 is 42.9 Å². The summed E-state index contributed by atoms with van der Waals surface area (Å²) in [6.45, 7) is 7.73. The first-order valence-electron chi connectivity index (χ1n) is 21.1. The highest BCUT2D eigenvalue weighted by Crippen LogP contribution is 2.45. The summed E-state index contributed by atoms with van der Waals surface area (Å²) in [5.41, 5.74) is 5.85. The zero-order valence-electron chi connectivity index (χ0n) is 36.5. The molecule has 8 rings (SSSR count). The summed E-state index contributed by atoms with van der Waals surface area (Å²) in [6, 6.07) is 11.4. The number of aromatic nitrogens is 4. The molecular weight excluding hydrogens is 832 g/mol. The predicted molar refractivity (Wildman–Crippen MR) is 234 cm³/mol. The molecule has 8 atom stereocenters. The lowest BCUT2D eigenvalue weighted by Gasteiger charge is -2.33. The molecule has 0 bridgehead atoms. The van der Waals surface area contributed by atoms with Crippen LogP contribution in [0, 0.1) is 0 Å². The summed E-state index contributed by atoms with van der Waals surface area (Å²) in [6.07, 6.45) is 0.212. The number of fused-ring (bicyclic) bond motifs is 6. The molecule has 0 saturated carbocycles. The monoisotopic (exact) mass is 884 g/mol. The van der Waals surface area contributed by atoms with E-state index in [4.69, 9.17) is 45.3 Å². The average molecular weight is 885 g/mol. The second-order valence-electron chi connectivity index (χ2n) is 16.6. The van der Waals surface area contributed by atoms with E-state index in [1.165, 1.54) is 28.4 Å². The van der Waals surface area contributed by atoms with Crippen LogP contribution in [0.1, 0.15) is 82.7 Å². The Morgan fingerprint density at radius 1 is 0.762 bits per heavy atom. The number of methoxy groups -OCH3 is 4. The number of amides is 4. The third-order valence-electron chi connectivity index (χ3n) is 12.9. The third kappa shape index (κ3) is 8.01. The van der Waals surface area contributed by atoms with Crippen molar-refractivity contribution in [3.8, 4) is 28.1 Å². The molecule has 2 saturated heterocycles. The summed E-state index contributed by atoms with van der Waals surface area (Å²) < 4.78 is 27.0. The maximum atomic E-state index is 14.1. The molecule has 0 radical (unpaired) electrons. The summed E-state index contributed by atoms with van der Waals surface area (Å²) >= 11 is 6.85. The highest BCUT2D eigenvalue weighted by molar-refractivity contribution is 6.32. The van der Waals surface area contributed by atoms with Gasteiger partial charge >= 0.3 is 12.2 Å². The van der Waals surface area contributed by atoms with Crippen molar-refractivity contribution in [3.05, 3.63) is 64.8 Å². The molecule has 5 aromatic rings. The summed E-state index contributed by atoms with van der Waals surface area (Å²) in [5.74, 6) is 1.36. The van der Waals surface area contributed by atoms with Crippen LogP contribution in [0.3, 0.4) is 0 Å². The minimum Gasteiger partial charge on any atom is -0.488 e. The van der Waals surface area contributed by atoms with Gasteiger partial charge in [0.05, 0.1) is 49.5 Å². The first kappa shape index (κ1) is 43.7. The first-order chi connectivity index (χ1) is 30.3. The lowest BCUT2D eigenvalue weighted by atomic mass is 9.92. The number of hydrogen-bond donors (Lipinski definition) is 4. The second kappa shape index (κ2) is 17.7. The summed E-state index contributed by atoms with van der Waals surface area (Å²) in [7, 11) is 5.49. The van der Waals surface area contributed by atoms with Gasteiger partial charge in [0.2, 0.25) is 11.8 Å². The third-order valence-corrected chi connectivity index (χ3v) is 13.2. The molecule has 3 aliphatic rings. The number of halogens is 1. The van der Waals surface area contributed by atoms with Gasteiger partial charge in [0.15, 0.2) is 0 Å². The Morgan fingerprint density at radius 3 is 1.92 bits per heavy atom. The van der Waals surface area contributed by atoms with Gasteiger partial charge in [-0.2, -0.15) is 0 Å². The van der Waals surface area contributed by atoms with Gasteiger partial charge in [0, 0.05) is 42.8 Å². The lowest BCUT2D eigenvalue weighted by molar-refractivity contribution is -0.140. The van der Waals surface area contributed by atoms with Gasteiger partial charge in [-0.05, 0) is 94.2 Å². The Hall–Kier alpha value is -5.91. The Labute approximate surface area is 369 Å². The number of rotatable bonds is 11. The zero-order valence-corrected chi connectivity index (χ0v) is 37.3. The molecule has 0 aliphatic carbocycles. The topological polar surface area (TPSA) is 202 Å². The van der Waals surface area contributed by atoms with Crippen molar-refractivity contribution in [2.24, 2.45) is 0 Å². The molecule has 17 nitrogen and oxygen atoms in total. The number of carbonyl (C=O) groups is 4. The van der Waals surface area contributed by atoms with E-state index in [1.54, 1.807) is 23.6 Å². The number of benzene rings is 3. The molecule has 2 aromatic heterocycles. The maximum absolute atomic E-state index is 14.1. The fraction of sp³-hybridized carbons (Fsp3) is 0.467. The van der Waals surface area contributed by atoms with Crippen LogP contribution in [0.4, 0.5) is 9.59 Å². The zero-order chi connectivity index (χ0) is 44.9. The molecule has 63 heavy (non-hydrogen) atoms. The maximum Gasteiger partial charge on any atom is 0.407 e. The SMILES string of the molecule is COC(=O)N[C@H](C(=O)N1[C@@H](C)CC[C@H]1c1nc(-c2ccc3c(c2)COc2cc4c(ccc5[nH]c([C@@H]6CC[C@H](C)N6C(=O)[C@@H](NC(=O)OC)[C@@H](C)OC)nc54)cc2-3)c(Cl)[nH]1)[C@@H](C)OC. The van der Waals surface area contributed by atoms with E-state index < -0.39 is 42.5 Å². The molecule has 2 fully saturated rings. The molecule has 3 aromatic carbocycles. The van der Waals surface area contributed by atoms with Crippen molar-refractivity contribution in [1.29, 1.82) is 0 Å². The van der Waals surface area contributed by atoms with Gasteiger partial charge in [0.1, 0.15) is 46.9 Å². The molecule has 5 heterocycles. The number of nitrogens with one attached hydrogen (secondary N) is 4. The minimum atomic E-state index is -0.967. The molecule has 18 heteroatoms. The normalized spacial score (nSPS) is 21.3. The Morgan fingerprint density at radius 2 is 1.35 bits per heavy atom. The van der Waals surface area contributed by atoms with Gasteiger partial charge < -0.3 is 54.1 Å². The van der Waals surface area contributed by atoms with Gasteiger partial charge in [-0.3, -0.25) is 9.59 Å². The van der Waals surface area contributed by atoms with Crippen molar-refractivity contribution in [2.45, 2.75) is 108 Å². The molecule has 0 spiro atoms. The lowest BCUT2D eigenvalue weighted by Crippen LogP contribution is -2.55. The van der Waals surface area contributed by atoms with Crippen LogP contribution >= 0.6 is 11.6 Å². The number of carbonyl (C=O) groups excluding carboxylic acids is 4. The number of nitrogens with zero attached hydrogens (tertiary/aromatic N) is 4. The van der Waals surface area contributed by atoms with Crippen molar-refractivity contribution in [2.75, 3.05) is 28.4 Å². The smallest absolute Gasteiger partial charge is 0.407 e. The number of ether oxygens (including phenoxy) is 5. The second-order valence-corrected chi connectivity index (χ2v) is 17.0. The molecular formula is C45H53ClN8O9. The predicted octanol–water partition coefficient (Wildman–Crippen LogP) is 6.94. The van der Waals surface area contributed by atoms with Crippen LogP contribution in [-0.2, 0) is 35.1 Å². The minimum absolute atomic E-state index is 0.0933. The van der Waals surface area contributed by atoms with Crippen molar-refractivity contribution >= 4 is 57.4 Å². The highest BCUT2D eigenvalue weighted by Gasteiger charge is 2.44. The molecule has 3 aliphatic heterocycles. The molecule has 0 unspecified atom stereocenters. The Bertz CT molecular complexity index is 2580. The van der Waals surface area contributed by atoms with E-state index in [2.05, 4.69) is 32.7 Å². The first-order valence-corrected chi connectivity index (χ1v) is 21.5. The number of aromatic amines is 2. The van der Waals surface area contributed by atoms with E-state index in [0.29, 0.717) is 41.9 Å². The van der Waals surface area contributed by atoms with Crippen LogP contribution in [0.15, 0.2) is 42.5 Å². The number of H-pyrrole nitrogens is 2. The molecule has 334 valence electrons. The van der Waals surface area contributed by atoms with Crippen LogP contribution in [0.2, 0.25) is 5.15 Å². The fourth-order valence-electron chi connectivity index (χ4n) is 9.30. The summed E-state index contributed by atoms with van der Waals surface area (Å²) in [5, 5.41) is 7.52. The van der Waals surface area contributed by atoms with E-state index in [1.807, 2.05) is 44.2 Å². The summed E-state index contributed by atoms with van der Waals surface area (Å²) in [4.78, 5) is 72.8. The number of hydrogen-bond acceptors (Lipinski definition) is 11. The van der Waals surface area contributed by atoms with Crippen molar-refractivity contribution in [1.82, 2.24) is 40.4 Å². The standard InChI is InChI=1S/C45H53ClN8O9/c1-21-9-15-32(53(21)42(55)35(23(3)59-5)50-44(57)61-7)40-47-31-14-12-25-18-30-28-13-11-26(17-27(28)20-63-34(30)19-29(25)38(31)49-40)37-39(46)52-41(48-37)33-16-10-22(2)54(33)43(56)36(24(4)60-6)51-45(58)62-8/h11-14,17-19,21-24,32-33,35-36H,9-10,15-16,20H2,1-8H3,(H,47,49)(H,48,52)(H,50,57)(H,51,58)/t21-,22-,23+,24+,32-,33-,35-,36-/m0/s1. The quantitative estimate of drug-likeness (QED) is 0.107. The van der Waals surface area contributed by atoms with Crippen LogP contribution in [-0.4, -0.2) is 119 Å². The van der Waals surface area contributed by atoms with E-state index >= 15 is 0 Å². The molecule has 4 amide bonds. The Kier molecular flexibility index (Phi) is 12.3. The van der Waals surface area contributed by atoms with Gasteiger partial charge in [0.25, 0.3) is 0 Å². The number of imidazole rings is 2. The number of likely N-dealkylation sites (tertiary alicyclic amines) is 2. The largest absolute Gasteiger partial charge is 0.488 e. The average Bonchev–Trinajstić information content (AvgIpc) is 4.10. The van der Waals surface area contributed by atoms with Crippen LogP contribution in [0.5, 0.6) is 5.75 Å². The Balaban J connectivity index is 1.06. The van der Waals surface area contributed by atoms with E-state index in [9.17, 15) is 19.2 Å². The van der Waals surface area contributed by atoms with E-state index in [0.717, 1.165) is 62.7 Å². The highest BCUT2D eigenvalue weighted by atomic mass is 35.5. The van der Waals surface area contributed by atoms with Gasteiger partial charge in [-0.1, -0.05) is 29.8 Å². The molecule has 4 N–H and O–H groups in total. The van der Waals surface area contributed by atoms with Crippen molar-refractivity contribution in [3.63, 3.8) is 0 Å².